The van der Waals surface area contributed by atoms with Gasteiger partial charge in [-0.05, 0) is 23.8 Å². The summed E-state index contributed by atoms with van der Waals surface area (Å²) in [6.07, 6.45) is 4.80. The summed E-state index contributed by atoms with van der Waals surface area (Å²) in [5.41, 5.74) is 13.0. The van der Waals surface area contributed by atoms with E-state index in [0.717, 1.165) is 5.56 Å². The maximum absolute atomic E-state index is 12.3. The first-order valence-electron chi connectivity index (χ1n) is 8.11. The fraction of sp³-hybridized carbons (Fsp3) is 0.111. The number of nitrogens with zero attached hydrogens (tertiary/aromatic N) is 3. The van der Waals surface area contributed by atoms with Gasteiger partial charge in [0.2, 0.25) is 0 Å². The molecular formula is C18H19N7O2. The SMILES string of the molecule is COc1ccccc1C(=O)NNc1ncnc(NCc2cccnc2)c1N. The highest BCUT2D eigenvalue weighted by molar-refractivity contribution is 5.97. The summed E-state index contributed by atoms with van der Waals surface area (Å²) in [6, 6.07) is 10.7. The largest absolute Gasteiger partial charge is 0.496 e. The Morgan fingerprint density at radius 2 is 1.96 bits per heavy atom. The smallest absolute Gasteiger partial charge is 0.273 e. The Balaban J connectivity index is 1.66. The third-order valence-corrected chi connectivity index (χ3v) is 3.71. The van der Waals surface area contributed by atoms with E-state index in [1.165, 1.54) is 13.4 Å². The molecule has 0 fully saturated rings. The number of nitrogen functional groups attached to an aromatic ring is 1. The third-order valence-electron chi connectivity index (χ3n) is 3.71. The van der Waals surface area contributed by atoms with Gasteiger partial charge < -0.3 is 15.8 Å². The molecule has 0 aliphatic carbocycles. The number of anilines is 3. The lowest BCUT2D eigenvalue weighted by atomic mass is 10.2. The van der Waals surface area contributed by atoms with Crippen molar-refractivity contribution in [3.63, 3.8) is 0 Å². The number of ether oxygens (including phenoxy) is 1. The molecule has 0 bridgehead atoms. The summed E-state index contributed by atoms with van der Waals surface area (Å²) >= 11 is 0. The van der Waals surface area contributed by atoms with Gasteiger partial charge in [-0.15, -0.1) is 0 Å². The maximum Gasteiger partial charge on any atom is 0.273 e. The number of hydrogen-bond acceptors (Lipinski definition) is 8. The molecule has 3 aromatic rings. The second-order valence-electron chi connectivity index (χ2n) is 5.48. The number of para-hydroxylation sites is 1. The van der Waals surface area contributed by atoms with Crippen molar-refractivity contribution in [1.29, 1.82) is 0 Å². The molecule has 1 amide bonds. The van der Waals surface area contributed by atoms with Crippen LogP contribution in [0.3, 0.4) is 0 Å². The molecule has 2 heterocycles. The van der Waals surface area contributed by atoms with Gasteiger partial charge in [0.25, 0.3) is 5.91 Å². The van der Waals surface area contributed by atoms with Crippen LogP contribution < -0.4 is 26.6 Å². The van der Waals surface area contributed by atoms with Gasteiger partial charge in [-0.3, -0.25) is 20.6 Å². The number of methoxy groups -OCH3 is 1. The number of aromatic nitrogens is 3. The topological polar surface area (TPSA) is 127 Å². The summed E-state index contributed by atoms with van der Waals surface area (Å²) in [4.78, 5) is 24.6. The van der Waals surface area contributed by atoms with Gasteiger partial charge in [-0.1, -0.05) is 18.2 Å². The molecule has 27 heavy (non-hydrogen) atoms. The summed E-state index contributed by atoms with van der Waals surface area (Å²) in [5.74, 6) is 0.812. The number of carbonyl (C=O) groups is 1. The molecule has 1 aromatic carbocycles. The van der Waals surface area contributed by atoms with Crippen LogP contribution in [0.15, 0.2) is 55.1 Å². The number of hydrazine groups is 1. The fourth-order valence-corrected chi connectivity index (χ4v) is 2.34. The second kappa shape index (κ2) is 8.48. The lowest BCUT2D eigenvalue weighted by Gasteiger charge is -2.14. The van der Waals surface area contributed by atoms with E-state index in [4.69, 9.17) is 10.5 Å². The highest BCUT2D eigenvalue weighted by Crippen LogP contribution is 2.22. The summed E-state index contributed by atoms with van der Waals surface area (Å²) in [6.45, 7) is 0.502. The van der Waals surface area contributed by atoms with Gasteiger partial charge in [-0.25, -0.2) is 9.97 Å². The van der Waals surface area contributed by atoms with Crippen LogP contribution in [0.4, 0.5) is 17.3 Å². The average Bonchev–Trinajstić information content (AvgIpc) is 2.72. The number of carbonyl (C=O) groups excluding carboxylic acids is 1. The second-order valence-corrected chi connectivity index (χ2v) is 5.48. The molecule has 0 aliphatic rings. The molecule has 3 rings (SSSR count). The zero-order chi connectivity index (χ0) is 19.1. The van der Waals surface area contributed by atoms with Crippen molar-refractivity contribution in [3.05, 3.63) is 66.2 Å². The number of nitrogens with one attached hydrogen (secondary N) is 3. The van der Waals surface area contributed by atoms with E-state index < -0.39 is 0 Å². The zero-order valence-electron chi connectivity index (χ0n) is 14.6. The fourth-order valence-electron chi connectivity index (χ4n) is 2.34. The number of amides is 1. The van der Waals surface area contributed by atoms with E-state index in [1.54, 1.807) is 36.7 Å². The number of pyridine rings is 1. The molecule has 138 valence electrons. The number of benzene rings is 1. The van der Waals surface area contributed by atoms with Crippen LogP contribution in [-0.2, 0) is 6.54 Å². The lowest BCUT2D eigenvalue weighted by molar-refractivity contribution is 0.0959. The number of hydrogen-bond donors (Lipinski definition) is 4. The summed E-state index contributed by atoms with van der Waals surface area (Å²) < 4.78 is 5.18. The Bertz CT molecular complexity index is 919. The van der Waals surface area contributed by atoms with Crippen molar-refractivity contribution in [2.45, 2.75) is 6.54 Å². The Morgan fingerprint density at radius 3 is 2.74 bits per heavy atom. The van der Waals surface area contributed by atoms with E-state index in [-0.39, 0.29) is 17.4 Å². The predicted octanol–water partition coefficient (Wildman–Crippen LogP) is 1.83. The highest BCUT2D eigenvalue weighted by atomic mass is 16.5. The first-order chi connectivity index (χ1) is 13.2. The molecule has 9 nitrogen and oxygen atoms in total. The van der Waals surface area contributed by atoms with Gasteiger partial charge in [0.1, 0.15) is 17.8 Å². The Morgan fingerprint density at radius 1 is 1.15 bits per heavy atom. The Labute approximate surface area is 156 Å². The monoisotopic (exact) mass is 365 g/mol. The molecule has 0 aliphatic heterocycles. The Kier molecular flexibility index (Phi) is 5.63. The number of rotatable bonds is 7. The molecule has 0 atom stereocenters. The van der Waals surface area contributed by atoms with Gasteiger partial charge in [0.05, 0.1) is 12.7 Å². The molecule has 0 spiro atoms. The van der Waals surface area contributed by atoms with Crippen LogP contribution in [0, 0.1) is 0 Å². The molecular weight excluding hydrogens is 346 g/mol. The minimum atomic E-state index is -0.379. The molecule has 0 radical (unpaired) electrons. The van der Waals surface area contributed by atoms with Crippen LogP contribution in [0.25, 0.3) is 0 Å². The van der Waals surface area contributed by atoms with E-state index >= 15 is 0 Å². The van der Waals surface area contributed by atoms with Crippen LogP contribution in [-0.4, -0.2) is 28.0 Å². The lowest BCUT2D eigenvalue weighted by Crippen LogP contribution is -2.30. The first kappa shape index (κ1) is 17.9. The molecule has 0 saturated carbocycles. The number of nitrogens with two attached hydrogens (primary N) is 1. The van der Waals surface area contributed by atoms with Gasteiger partial charge in [0, 0.05) is 18.9 Å². The maximum atomic E-state index is 12.3. The van der Waals surface area contributed by atoms with Crippen LogP contribution in [0.2, 0.25) is 0 Å². The summed E-state index contributed by atoms with van der Waals surface area (Å²) in [7, 11) is 1.50. The van der Waals surface area contributed by atoms with Gasteiger partial charge in [-0.2, -0.15) is 0 Å². The molecule has 0 unspecified atom stereocenters. The third kappa shape index (κ3) is 4.40. The van der Waals surface area contributed by atoms with Gasteiger partial charge in [0.15, 0.2) is 11.6 Å². The van der Waals surface area contributed by atoms with Crippen LogP contribution in [0.1, 0.15) is 15.9 Å². The molecule has 5 N–H and O–H groups in total. The van der Waals surface area contributed by atoms with Crippen LogP contribution in [0.5, 0.6) is 5.75 Å². The quantitative estimate of drug-likeness (QED) is 0.467. The highest BCUT2D eigenvalue weighted by Gasteiger charge is 2.13. The zero-order valence-corrected chi connectivity index (χ0v) is 14.6. The van der Waals surface area contributed by atoms with Crippen molar-refractivity contribution in [1.82, 2.24) is 20.4 Å². The minimum Gasteiger partial charge on any atom is -0.496 e. The average molecular weight is 365 g/mol. The first-order valence-corrected chi connectivity index (χ1v) is 8.11. The standard InChI is InChI=1S/C18H19N7O2/c1-27-14-7-3-2-6-13(14)18(26)25-24-17-15(19)16(22-11-23-17)21-10-12-5-4-8-20-9-12/h2-9,11H,10,19H2,1H3,(H,25,26)(H2,21,22,23,24). The van der Waals surface area contributed by atoms with E-state index in [2.05, 4.69) is 31.1 Å². The Hall–Kier alpha value is -3.88. The van der Waals surface area contributed by atoms with Crippen LogP contribution >= 0.6 is 0 Å². The van der Waals surface area contributed by atoms with E-state index in [1.807, 2.05) is 12.1 Å². The van der Waals surface area contributed by atoms with Gasteiger partial charge >= 0.3 is 0 Å². The molecule has 9 heteroatoms. The van der Waals surface area contributed by atoms with Crippen molar-refractivity contribution in [2.24, 2.45) is 0 Å². The normalized spacial score (nSPS) is 10.1. The van der Waals surface area contributed by atoms with Crippen molar-refractivity contribution in [2.75, 3.05) is 23.6 Å². The summed E-state index contributed by atoms with van der Waals surface area (Å²) in [5, 5.41) is 3.12. The van der Waals surface area contributed by atoms with Crippen molar-refractivity contribution < 1.29 is 9.53 Å². The van der Waals surface area contributed by atoms with E-state index in [9.17, 15) is 4.79 Å². The molecule has 0 saturated heterocycles. The minimum absolute atomic E-state index is 0.279. The predicted molar refractivity (Wildman–Crippen MR) is 102 cm³/mol. The van der Waals surface area contributed by atoms with Crippen molar-refractivity contribution in [3.8, 4) is 5.75 Å². The van der Waals surface area contributed by atoms with E-state index in [0.29, 0.717) is 23.7 Å². The van der Waals surface area contributed by atoms with Crippen molar-refractivity contribution >= 4 is 23.2 Å². The molecule has 2 aromatic heterocycles.